The molecule has 1 saturated heterocycles. The Labute approximate surface area is 80.6 Å². The van der Waals surface area contributed by atoms with Crippen LogP contribution in [-0.4, -0.2) is 24.3 Å². The van der Waals surface area contributed by atoms with E-state index in [1.165, 1.54) is 0 Å². The minimum atomic E-state index is 0.0979. The number of hydrogen-bond donors (Lipinski definition) is 1. The van der Waals surface area contributed by atoms with Crippen LogP contribution in [0, 0.1) is 0 Å². The SMILES string of the molecule is Nc1c(OC2COC2)ccnc1Cl. The largest absolute Gasteiger partial charge is 0.483 e. The van der Waals surface area contributed by atoms with Crippen LogP contribution in [0.25, 0.3) is 0 Å². The number of anilines is 1. The molecule has 0 aromatic carbocycles. The Hall–Kier alpha value is -1.00. The van der Waals surface area contributed by atoms with Gasteiger partial charge in [-0.2, -0.15) is 0 Å². The molecule has 70 valence electrons. The normalized spacial score (nSPS) is 16.7. The van der Waals surface area contributed by atoms with Crippen molar-refractivity contribution >= 4 is 17.3 Å². The number of hydrogen-bond acceptors (Lipinski definition) is 4. The maximum atomic E-state index is 5.71. The van der Waals surface area contributed by atoms with Crippen LogP contribution >= 0.6 is 11.6 Å². The number of ether oxygens (including phenoxy) is 2. The van der Waals surface area contributed by atoms with Crippen LogP contribution in [0.1, 0.15) is 0 Å². The first kappa shape index (κ1) is 8.59. The molecule has 1 aromatic rings. The molecule has 0 amide bonds. The standard InChI is InChI=1S/C8H9ClN2O2/c9-8-7(10)6(1-2-11-8)13-5-3-12-4-5/h1-2,5H,3-4,10H2. The van der Waals surface area contributed by atoms with E-state index in [0.29, 0.717) is 24.7 Å². The molecule has 1 aliphatic heterocycles. The summed E-state index contributed by atoms with van der Waals surface area (Å²) in [5.41, 5.74) is 6.03. The highest BCUT2D eigenvalue weighted by molar-refractivity contribution is 6.32. The van der Waals surface area contributed by atoms with Crippen LogP contribution in [-0.2, 0) is 4.74 Å². The molecule has 0 atom stereocenters. The summed E-state index contributed by atoms with van der Waals surface area (Å²) in [5, 5.41) is 0.276. The van der Waals surface area contributed by atoms with Crippen molar-refractivity contribution in [3.8, 4) is 5.75 Å². The second kappa shape index (κ2) is 3.40. The molecule has 2 N–H and O–H groups in total. The van der Waals surface area contributed by atoms with Crippen LogP contribution in [0.5, 0.6) is 5.75 Å². The fourth-order valence-electron chi connectivity index (χ4n) is 0.996. The molecule has 0 saturated carbocycles. The summed E-state index contributed by atoms with van der Waals surface area (Å²) in [6.45, 7) is 1.22. The number of nitrogens with zero attached hydrogens (tertiary/aromatic N) is 1. The summed E-state index contributed by atoms with van der Waals surface area (Å²) in [6, 6.07) is 1.69. The summed E-state index contributed by atoms with van der Waals surface area (Å²) < 4.78 is 10.5. The van der Waals surface area contributed by atoms with E-state index >= 15 is 0 Å². The Morgan fingerprint density at radius 2 is 2.38 bits per heavy atom. The first-order chi connectivity index (χ1) is 6.27. The topological polar surface area (TPSA) is 57.4 Å². The lowest BCUT2D eigenvalue weighted by molar-refractivity contribution is -0.0794. The van der Waals surface area contributed by atoms with Gasteiger partial charge in [-0.3, -0.25) is 0 Å². The Morgan fingerprint density at radius 3 is 3.00 bits per heavy atom. The van der Waals surface area contributed by atoms with Crippen molar-refractivity contribution in [1.29, 1.82) is 0 Å². The molecule has 1 aromatic heterocycles. The third kappa shape index (κ3) is 1.68. The molecule has 0 spiro atoms. The van der Waals surface area contributed by atoms with E-state index < -0.39 is 0 Å². The van der Waals surface area contributed by atoms with Crippen molar-refractivity contribution in [2.45, 2.75) is 6.10 Å². The second-order valence-corrected chi connectivity index (χ2v) is 3.15. The van der Waals surface area contributed by atoms with E-state index in [-0.39, 0.29) is 11.3 Å². The molecule has 1 fully saturated rings. The quantitative estimate of drug-likeness (QED) is 0.727. The molecule has 13 heavy (non-hydrogen) atoms. The zero-order valence-electron chi connectivity index (χ0n) is 6.87. The number of halogens is 1. The van der Waals surface area contributed by atoms with E-state index in [1.54, 1.807) is 12.3 Å². The van der Waals surface area contributed by atoms with Gasteiger partial charge in [0.2, 0.25) is 0 Å². The van der Waals surface area contributed by atoms with E-state index in [4.69, 9.17) is 26.8 Å². The fraction of sp³-hybridized carbons (Fsp3) is 0.375. The molecular weight excluding hydrogens is 192 g/mol. The van der Waals surface area contributed by atoms with Crippen LogP contribution in [0.4, 0.5) is 5.69 Å². The fourth-order valence-corrected chi connectivity index (χ4v) is 1.15. The van der Waals surface area contributed by atoms with Crippen molar-refractivity contribution in [3.63, 3.8) is 0 Å². The van der Waals surface area contributed by atoms with Crippen molar-refractivity contribution in [2.24, 2.45) is 0 Å². The van der Waals surface area contributed by atoms with Gasteiger partial charge in [0.25, 0.3) is 0 Å². The molecular formula is C8H9ClN2O2. The van der Waals surface area contributed by atoms with Crippen molar-refractivity contribution in [3.05, 3.63) is 17.4 Å². The lowest BCUT2D eigenvalue weighted by atomic mass is 10.3. The smallest absolute Gasteiger partial charge is 0.155 e. The zero-order chi connectivity index (χ0) is 9.26. The molecule has 0 bridgehead atoms. The van der Waals surface area contributed by atoms with E-state index in [0.717, 1.165) is 0 Å². The van der Waals surface area contributed by atoms with Crippen molar-refractivity contribution < 1.29 is 9.47 Å². The predicted molar refractivity (Wildman–Crippen MR) is 48.9 cm³/mol. The molecule has 0 unspecified atom stereocenters. The number of rotatable bonds is 2. The molecule has 1 aliphatic rings. The number of nitrogens with two attached hydrogens (primary N) is 1. The summed E-state index contributed by atoms with van der Waals surface area (Å²) in [5.74, 6) is 0.577. The predicted octanol–water partition coefficient (Wildman–Crippen LogP) is 1.09. The highest BCUT2D eigenvalue weighted by Gasteiger charge is 2.21. The summed E-state index contributed by atoms with van der Waals surface area (Å²) in [6.07, 6.45) is 1.66. The molecule has 2 heterocycles. The van der Waals surface area contributed by atoms with Gasteiger partial charge in [-0.25, -0.2) is 4.98 Å². The average Bonchev–Trinajstić information content (AvgIpc) is 2.04. The maximum absolute atomic E-state index is 5.71. The van der Waals surface area contributed by atoms with Gasteiger partial charge in [-0.1, -0.05) is 11.6 Å². The molecule has 2 rings (SSSR count). The van der Waals surface area contributed by atoms with Gasteiger partial charge in [0.1, 0.15) is 17.5 Å². The Kier molecular flexibility index (Phi) is 2.24. The van der Waals surface area contributed by atoms with Crippen LogP contribution < -0.4 is 10.5 Å². The van der Waals surface area contributed by atoms with Crippen molar-refractivity contribution in [2.75, 3.05) is 18.9 Å². The van der Waals surface area contributed by atoms with Crippen LogP contribution in [0.15, 0.2) is 12.3 Å². The van der Waals surface area contributed by atoms with Crippen LogP contribution in [0.3, 0.4) is 0 Å². The van der Waals surface area contributed by atoms with Gasteiger partial charge in [0.05, 0.1) is 13.2 Å². The molecule has 0 aliphatic carbocycles. The first-order valence-corrected chi connectivity index (χ1v) is 4.29. The maximum Gasteiger partial charge on any atom is 0.155 e. The number of pyridine rings is 1. The van der Waals surface area contributed by atoms with Crippen molar-refractivity contribution in [1.82, 2.24) is 4.98 Å². The molecule has 5 heteroatoms. The molecule has 0 radical (unpaired) electrons. The summed E-state index contributed by atoms with van der Waals surface area (Å²) in [7, 11) is 0. The number of aromatic nitrogens is 1. The summed E-state index contributed by atoms with van der Waals surface area (Å²) >= 11 is 5.71. The average molecular weight is 201 g/mol. The third-order valence-corrected chi connectivity index (χ3v) is 2.10. The Balaban J connectivity index is 2.14. The zero-order valence-corrected chi connectivity index (χ0v) is 7.62. The first-order valence-electron chi connectivity index (χ1n) is 3.92. The second-order valence-electron chi connectivity index (χ2n) is 2.79. The van der Waals surface area contributed by atoms with Gasteiger partial charge in [-0.05, 0) is 0 Å². The Morgan fingerprint density at radius 1 is 1.62 bits per heavy atom. The van der Waals surface area contributed by atoms with Crippen LogP contribution in [0.2, 0.25) is 5.15 Å². The summed E-state index contributed by atoms with van der Waals surface area (Å²) in [4.78, 5) is 3.82. The van der Waals surface area contributed by atoms with E-state index in [2.05, 4.69) is 4.98 Å². The lowest BCUT2D eigenvalue weighted by Crippen LogP contribution is -2.38. The van der Waals surface area contributed by atoms with Gasteiger partial charge >= 0.3 is 0 Å². The molecule has 4 nitrogen and oxygen atoms in total. The highest BCUT2D eigenvalue weighted by atomic mass is 35.5. The van der Waals surface area contributed by atoms with E-state index in [1.807, 2.05) is 0 Å². The van der Waals surface area contributed by atoms with Gasteiger partial charge in [0, 0.05) is 12.3 Å². The minimum Gasteiger partial charge on any atom is -0.483 e. The monoisotopic (exact) mass is 200 g/mol. The Bertz CT molecular complexity index is 315. The third-order valence-electron chi connectivity index (χ3n) is 1.80. The lowest BCUT2D eigenvalue weighted by Gasteiger charge is -2.27. The van der Waals surface area contributed by atoms with Gasteiger partial charge in [0.15, 0.2) is 5.15 Å². The van der Waals surface area contributed by atoms with Gasteiger partial charge in [-0.15, -0.1) is 0 Å². The highest BCUT2D eigenvalue weighted by Crippen LogP contribution is 2.28. The van der Waals surface area contributed by atoms with Gasteiger partial charge < -0.3 is 15.2 Å². The minimum absolute atomic E-state index is 0.0979. The number of nitrogen functional groups attached to an aromatic ring is 1. The van der Waals surface area contributed by atoms with E-state index in [9.17, 15) is 0 Å².